The molecule has 4 heteroatoms. The number of benzene rings is 8. The van der Waals surface area contributed by atoms with Gasteiger partial charge in [-0.3, -0.25) is 0 Å². The van der Waals surface area contributed by atoms with Gasteiger partial charge in [-0.25, -0.2) is 9.97 Å². The van der Waals surface area contributed by atoms with Crippen molar-refractivity contribution in [3.8, 4) is 67.3 Å². The lowest BCUT2D eigenvalue weighted by Crippen LogP contribution is -1.96. The number of para-hydroxylation sites is 2. The minimum atomic E-state index is 0.672. The molecule has 0 aliphatic heterocycles. The summed E-state index contributed by atoms with van der Waals surface area (Å²) in [5.74, 6) is 0.672. The van der Waals surface area contributed by atoms with E-state index in [1.165, 1.54) is 21.9 Å². The fourth-order valence-electron chi connectivity index (χ4n) is 8.19. The van der Waals surface area contributed by atoms with Gasteiger partial charge in [-0.1, -0.05) is 176 Å². The fourth-order valence-corrected chi connectivity index (χ4v) is 8.19. The van der Waals surface area contributed by atoms with Crippen LogP contribution in [0.1, 0.15) is 0 Å². The Kier molecular flexibility index (Phi) is 7.46. The number of nitrogens with one attached hydrogen (secondary N) is 1. The molecule has 4 nitrogen and oxygen atoms in total. The SMILES string of the molecule is c1ccc(-c2cc(-c3ccccc3)nc(-c3cccc(-c4cccc5c4oc4c(-c6ccccc6)c6[nH]c7c(-c8ccccc8)cccc7c6cc45)c3)n2)cc1. The molecule has 11 rings (SSSR count). The number of nitrogens with zero attached hydrogens (tertiary/aromatic N) is 2. The Morgan fingerprint density at radius 2 is 0.875 bits per heavy atom. The number of aromatic amines is 1. The number of hydrogen-bond donors (Lipinski definition) is 1. The summed E-state index contributed by atoms with van der Waals surface area (Å²) in [5.41, 5.74) is 15.3. The van der Waals surface area contributed by atoms with E-state index in [1.54, 1.807) is 0 Å². The van der Waals surface area contributed by atoms with Crippen molar-refractivity contribution in [2.75, 3.05) is 0 Å². The van der Waals surface area contributed by atoms with Crippen LogP contribution in [0.15, 0.2) is 199 Å². The molecule has 8 aromatic carbocycles. The molecule has 1 N–H and O–H groups in total. The predicted molar refractivity (Wildman–Crippen MR) is 231 cm³/mol. The van der Waals surface area contributed by atoms with E-state index in [1.807, 2.05) is 36.4 Å². The maximum absolute atomic E-state index is 7.09. The minimum absolute atomic E-state index is 0.672. The number of fused-ring (bicyclic) bond motifs is 6. The molecular weight excluding hydrogens is 683 g/mol. The van der Waals surface area contributed by atoms with Crippen LogP contribution in [-0.2, 0) is 0 Å². The highest BCUT2D eigenvalue weighted by atomic mass is 16.3. The Labute approximate surface area is 323 Å². The van der Waals surface area contributed by atoms with E-state index in [0.717, 1.165) is 83.3 Å². The van der Waals surface area contributed by atoms with E-state index in [-0.39, 0.29) is 0 Å². The van der Waals surface area contributed by atoms with Gasteiger partial charge in [-0.05, 0) is 34.9 Å². The van der Waals surface area contributed by atoms with E-state index in [0.29, 0.717) is 5.82 Å². The van der Waals surface area contributed by atoms with Gasteiger partial charge in [0.25, 0.3) is 0 Å². The van der Waals surface area contributed by atoms with Gasteiger partial charge in [0.2, 0.25) is 0 Å². The molecule has 0 bridgehead atoms. The molecule has 0 amide bonds. The van der Waals surface area contributed by atoms with Gasteiger partial charge in [0.05, 0.1) is 22.4 Å². The molecule has 11 aromatic rings. The molecule has 56 heavy (non-hydrogen) atoms. The van der Waals surface area contributed by atoms with Gasteiger partial charge in [-0.2, -0.15) is 0 Å². The highest BCUT2D eigenvalue weighted by molar-refractivity contribution is 6.25. The second kappa shape index (κ2) is 13.1. The maximum Gasteiger partial charge on any atom is 0.160 e. The molecular formula is C52H33N3O. The first-order valence-electron chi connectivity index (χ1n) is 18.9. The molecule has 0 aliphatic carbocycles. The monoisotopic (exact) mass is 715 g/mol. The second-order valence-corrected chi connectivity index (χ2v) is 14.2. The van der Waals surface area contributed by atoms with Crippen molar-refractivity contribution in [1.29, 1.82) is 0 Å². The Balaban J connectivity index is 1.11. The third kappa shape index (κ3) is 5.31. The molecule has 3 aromatic heterocycles. The maximum atomic E-state index is 7.09. The predicted octanol–water partition coefficient (Wildman–Crippen LogP) is 14.0. The summed E-state index contributed by atoms with van der Waals surface area (Å²) in [7, 11) is 0. The summed E-state index contributed by atoms with van der Waals surface area (Å²) in [6.07, 6.45) is 0. The highest BCUT2D eigenvalue weighted by Crippen LogP contribution is 2.46. The van der Waals surface area contributed by atoms with Gasteiger partial charge >= 0.3 is 0 Å². The lowest BCUT2D eigenvalue weighted by molar-refractivity contribution is 0.671. The van der Waals surface area contributed by atoms with Crippen LogP contribution in [0.3, 0.4) is 0 Å². The molecule has 0 spiro atoms. The first-order chi connectivity index (χ1) is 27.8. The van der Waals surface area contributed by atoms with E-state index < -0.39 is 0 Å². The zero-order chi connectivity index (χ0) is 37.0. The summed E-state index contributed by atoms with van der Waals surface area (Å²) in [6, 6.07) is 67.7. The van der Waals surface area contributed by atoms with E-state index in [4.69, 9.17) is 14.4 Å². The topological polar surface area (TPSA) is 54.7 Å². The van der Waals surface area contributed by atoms with Gasteiger partial charge in [0, 0.05) is 54.9 Å². The number of furan rings is 1. The Hall–Kier alpha value is -7.56. The molecule has 0 fully saturated rings. The molecule has 0 aliphatic rings. The number of aromatic nitrogens is 3. The molecule has 0 saturated heterocycles. The van der Waals surface area contributed by atoms with Crippen molar-refractivity contribution in [1.82, 2.24) is 15.0 Å². The average Bonchev–Trinajstić information content (AvgIpc) is 3.85. The van der Waals surface area contributed by atoms with Crippen LogP contribution in [0.4, 0.5) is 0 Å². The molecule has 262 valence electrons. The van der Waals surface area contributed by atoms with Crippen LogP contribution in [0.5, 0.6) is 0 Å². The van der Waals surface area contributed by atoms with Crippen molar-refractivity contribution in [3.63, 3.8) is 0 Å². The normalized spacial score (nSPS) is 11.6. The molecule has 0 unspecified atom stereocenters. The smallest absolute Gasteiger partial charge is 0.160 e. The molecule has 0 saturated carbocycles. The van der Waals surface area contributed by atoms with Crippen molar-refractivity contribution in [2.45, 2.75) is 0 Å². The summed E-state index contributed by atoms with van der Waals surface area (Å²) in [6.45, 7) is 0. The summed E-state index contributed by atoms with van der Waals surface area (Å²) < 4.78 is 7.09. The van der Waals surface area contributed by atoms with Crippen molar-refractivity contribution < 1.29 is 4.42 Å². The van der Waals surface area contributed by atoms with Crippen molar-refractivity contribution in [2.24, 2.45) is 0 Å². The zero-order valence-corrected chi connectivity index (χ0v) is 30.3. The quantitative estimate of drug-likeness (QED) is 0.186. The van der Waals surface area contributed by atoms with Crippen LogP contribution in [0.25, 0.3) is 111 Å². The standard InChI is InChI=1S/C52H33N3O/c1-5-16-33(17-6-1)39-26-14-28-41-43-31-44-42-29-15-27-40(50(42)56-51(44)47(49(43)55-48(39)41)36-22-11-4-12-23-36)37-24-13-25-38(30-37)52-53-45(34-18-7-2-8-19-34)32-46(54-52)35-20-9-3-10-21-35/h1-32,55H. The third-order valence-corrected chi connectivity index (χ3v) is 10.8. The van der Waals surface area contributed by atoms with Gasteiger partial charge in [0.1, 0.15) is 11.2 Å². The van der Waals surface area contributed by atoms with Crippen LogP contribution in [0, 0.1) is 0 Å². The van der Waals surface area contributed by atoms with E-state index in [9.17, 15) is 0 Å². The molecule has 0 atom stereocenters. The molecule has 3 heterocycles. The van der Waals surface area contributed by atoms with Crippen molar-refractivity contribution in [3.05, 3.63) is 194 Å². The largest absolute Gasteiger partial charge is 0.455 e. The van der Waals surface area contributed by atoms with Crippen LogP contribution in [-0.4, -0.2) is 15.0 Å². The first-order valence-corrected chi connectivity index (χ1v) is 18.9. The Morgan fingerprint density at radius 1 is 0.339 bits per heavy atom. The van der Waals surface area contributed by atoms with Crippen LogP contribution in [0.2, 0.25) is 0 Å². The lowest BCUT2D eigenvalue weighted by Gasteiger charge is -2.10. The lowest BCUT2D eigenvalue weighted by atomic mass is 9.96. The zero-order valence-electron chi connectivity index (χ0n) is 30.3. The average molecular weight is 716 g/mol. The molecule has 0 radical (unpaired) electrons. The summed E-state index contributed by atoms with van der Waals surface area (Å²) >= 11 is 0. The Bertz CT molecular complexity index is 3160. The third-order valence-electron chi connectivity index (χ3n) is 10.8. The number of H-pyrrole nitrogens is 1. The van der Waals surface area contributed by atoms with Gasteiger partial charge in [-0.15, -0.1) is 0 Å². The Morgan fingerprint density at radius 3 is 1.54 bits per heavy atom. The van der Waals surface area contributed by atoms with Crippen molar-refractivity contribution >= 4 is 43.7 Å². The van der Waals surface area contributed by atoms with Gasteiger partial charge in [0.15, 0.2) is 5.82 Å². The minimum Gasteiger partial charge on any atom is -0.455 e. The fraction of sp³-hybridized carbons (Fsp3) is 0. The van der Waals surface area contributed by atoms with Crippen LogP contribution >= 0.6 is 0 Å². The van der Waals surface area contributed by atoms with E-state index >= 15 is 0 Å². The first kappa shape index (κ1) is 31.9. The van der Waals surface area contributed by atoms with E-state index in [2.05, 4.69) is 163 Å². The summed E-state index contributed by atoms with van der Waals surface area (Å²) in [4.78, 5) is 14.1. The highest BCUT2D eigenvalue weighted by Gasteiger charge is 2.22. The van der Waals surface area contributed by atoms with Gasteiger partial charge < -0.3 is 9.40 Å². The van der Waals surface area contributed by atoms with Crippen LogP contribution < -0.4 is 0 Å². The second-order valence-electron chi connectivity index (χ2n) is 14.2. The summed E-state index contributed by atoms with van der Waals surface area (Å²) in [5, 5.41) is 4.51. The number of hydrogen-bond acceptors (Lipinski definition) is 3. The number of rotatable bonds is 6.